The Morgan fingerprint density at radius 3 is 2.54 bits per heavy atom. The van der Waals surface area contributed by atoms with Crippen molar-refractivity contribution in [1.82, 2.24) is 4.90 Å². The largest absolute Gasteiger partial charge is 0.302 e. The van der Waals surface area contributed by atoms with E-state index in [4.69, 9.17) is 0 Å². The number of alkyl halides is 1. The van der Waals surface area contributed by atoms with Gasteiger partial charge in [-0.05, 0) is 19.0 Å². The zero-order valence-electron chi connectivity index (χ0n) is 8.04. The summed E-state index contributed by atoms with van der Waals surface area (Å²) in [6, 6.07) is 10.2. The first-order valence-corrected chi connectivity index (χ1v) is 4.61. The highest BCUT2D eigenvalue weighted by Crippen LogP contribution is 2.02. The Morgan fingerprint density at radius 1 is 1.23 bits per heavy atom. The number of hydrogen-bond donors (Lipinski definition) is 0. The fraction of sp³-hybridized carbons (Fsp3) is 0.455. The molecule has 0 amide bonds. The summed E-state index contributed by atoms with van der Waals surface area (Å²) < 4.78 is 11.9. The molecule has 0 spiro atoms. The molecule has 0 aliphatic rings. The van der Waals surface area contributed by atoms with Crippen LogP contribution < -0.4 is 0 Å². The van der Waals surface area contributed by atoms with Crippen molar-refractivity contribution in [3.8, 4) is 0 Å². The second-order valence-electron chi connectivity index (χ2n) is 3.27. The molecule has 1 rings (SSSR count). The maximum atomic E-state index is 11.9. The molecule has 0 fully saturated rings. The predicted octanol–water partition coefficient (Wildman–Crippen LogP) is 2.48. The van der Waals surface area contributed by atoms with Crippen LogP contribution >= 0.6 is 0 Å². The molecule has 13 heavy (non-hydrogen) atoms. The summed E-state index contributed by atoms with van der Waals surface area (Å²) in [5.41, 5.74) is 1.28. The highest BCUT2D eigenvalue weighted by atomic mass is 19.1. The van der Waals surface area contributed by atoms with Crippen LogP contribution in [0.15, 0.2) is 30.3 Å². The minimum atomic E-state index is -0.223. The van der Waals surface area contributed by atoms with Gasteiger partial charge in [0.05, 0.1) is 6.67 Å². The smallest absolute Gasteiger partial charge is 0.0906 e. The van der Waals surface area contributed by atoms with Crippen LogP contribution in [0.4, 0.5) is 4.39 Å². The molecule has 0 atom stereocenters. The van der Waals surface area contributed by atoms with Crippen molar-refractivity contribution in [3.05, 3.63) is 35.9 Å². The van der Waals surface area contributed by atoms with E-state index in [-0.39, 0.29) is 6.67 Å². The minimum absolute atomic E-state index is 0.223. The van der Waals surface area contributed by atoms with Gasteiger partial charge < -0.3 is 4.90 Å². The molecule has 0 aliphatic heterocycles. The third-order valence-corrected chi connectivity index (χ3v) is 1.97. The van der Waals surface area contributed by atoms with Gasteiger partial charge in [-0.15, -0.1) is 0 Å². The molecule has 0 aromatic heterocycles. The highest BCUT2D eigenvalue weighted by Gasteiger charge is 1.98. The first-order valence-electron chi connectivity index (χ1n) is 4.61. The predicted molar refractivity (Wildman–Crippen MR) is 53.4 cm³/mol. The number of hydrogen-bond acceptors (Lipinski definition) is 1. The number of rotatable bonds is 5. The van der Waals surface area contributed by atoms with Crippen LogP contribution in [0.5, 0.6) is 0 Å². The molecule has 1 aromatic rings. The summed E-state index contributed by atoms with van der Waals surface area (Å²) >= 11 is 0. The molecule has 0 saturated carbocycles. The molecule has 1 aromatic carbocycles. The van der Waals surface area contributed by atoms with Crippen LogP contribution in [0.25, 0.3) is 0 Å². The van der Waals surface area contributed by atoms with E-state index in [0.29, 0.717) is 6.42 Å². The summed E-state index contributed by atoms with van der Waals surface area (Å²) in [6.45, 7) is 1.51. The van der Waals surface area contributed by atoms with Crippen molar-refractivity contribution >= 4 is 0 Å². The van der Waals surface area contributed by atoms with Crippen LogP contribution in [0, 0.1) is 0 Å². The molecule has 0 unspecified atom stereocenters. The quantitative estimate of drug-likeness (QED) is 0.674. The van der Waals surface area contributed by atoms with Gasteiger partial charge in [0.15, 0.2) is 0 Å². The van der Waals surface area contributed by atoms with E-state index in [0.717, 1.165) is 13.1 Å². The summed E-state index contributed by atoms with van der Waals surface area (Å²) in [7, 11) is 2.02. The lowest BCUT2D eigenvalue weighted by atomic mass is 10.2. The van der Waals surface area contributed by atoms with Crippen molar-refractivity contribution in [1.29, 1.82) is 0 Å². The maximum absolute atomic E-state index is 11.9. The molecule has 1 nitrogen and oxygen atoms in total. The number of benzene rings is 1. The molecule has 72 valence electrons. The number of halogens is 1. The van der Waals surface area contributed by atoms with Gasteiger partial charge in [0.2, 0.25) is 0 Å². The minimum Gasteiger partial charge on any atom is -0.302 e. The van der Waals surface area contributed by atoms with E-state index in [1.165, 1.54) is 5.56 Å². The van der Waals surface area contributed by atoms with Gasteiger partial charge in [0.25, 0.3) is 0 Å². The lowest BCUT2D eigenvalue weighted by Gasteiger charge is -2.15. The van der Waals surface area contributed by atoms with Gasteiger partial charge in [-0.3, -0.25) is 4.39 Å². The van der Waals surface area contributed by atoms with Gasteiger partial charge >= 0.3 is 0 Å². The second kappa shape index (κ2) is 5.70. The third kappa shape index (κ3) is 4.04. The van der Waals surface area contributed by atoms with Gasteiger partial charge in [0, 0.05) is 13.1 Å². The summed E-state index contributed by atoms with van der Waals surface area (Å²) in [6.07, 6.45) is 0.628. The first kappa shape index (κ1) is 10.2. The molecule has 0 saturated heterocycles. The molecular weight excluding hydrogens is 165 g/mol. The van der Waals surface area contributed by atoms with Crippen LogP contribution in [-0.2, 0) is 6.54 Å². The molecule has 0 aliphatic carbocycles. The number of nitrogens with zero attached hydrogens (tertiary/aromatic N) is 1. The van der Waals surface area contributed by atoms with Crippen LogP contribution in [0.3, 0.4) is 0 Å². The van der Waals surface area contributed by atoms with Crippen molar-refractivity contribution in [2.75, 3.05) is 20.3 Å². The molecule has 0 bridgehead atoms. The normalized spacial score (nSPS) is 10.7. The second-order valence-corrected chi connectivity index (χ2v) is 3.27. The molecule has 0 radical (unpaired) electrons. The lowest BCUT2D eigenvalue weighted by molar-refractivity contribution is 0.303. The van der Waals surface area contributed by atoms with E-state index >= 15 is 0 Å². The van der Waals surface area contributed by atoms with Gasteiger partial charge in [-0.2, -0.15) is 0 Å². The standard InChI is InChI=1S/C11H16FN/c1-13(9-5-8-12)10-11-6-3-2-4-7-11/h2-4,6-7H,5,8-10H2,1H3. The van der Waals surface area contributed by atoms with Crippen LogP contribution in [0.1, 0.15) is 12.0 Å². The first-order chi connectivity index (χ1) is 6.33. The van der Waals surface area contributed by atoms with E-state index in [9.17, 15) is 4.39 Å². The van der Waals surface area contributed by atoms with Crippen molar-refractivity contribution in [2.24, 2.45) is 0 Å². The van der Waals surface area contributed by atoms with Crippen molar-refractivity contribution in [3.63, 3.8) is 0 Å². The lowest BCUT2D eigenvalue weighted by Crippen LogP contribution is -2.19. The van der Waals surface area contributed by atoms with Crippen molar-refractivity contribution < 1.29 is 4.39 Å². The third-order valence-electron chi connectivity index (χ3n) is 1.97. The Morgan fingerprint density at radius 2 is 1.92 bits per heavy atom. The van der Waals surface area contributed by atoms with Gasteiger partial charge in [0.1, 0.15) is 0 Å². The van der Waals surface area contributed by atoms with E-state index in [1.807, 2.05) is 25.2 Å². The van der Waals surface area contributed by atoms with Crippen LogP contribution in [0.2, 0.25) is 0 Å². The average molecular weight is 181 g/mol. The van der Waals surface area contributed by atoms with Gasteiger partial charge in [-0.25, -0.2) is 0 Å². The fourth-order valence-corrected chi connectivity index (χ4v) is 1.30. The van der Waals surface area contributed by atoms with E-state index in [2.05, 4.69) is 17.0 Å². The Labute approximate surface area is 79.2 Å². The Bertz CT molecular complexity index is 223. The zero-order chi connectivity index (χ0) is 9.52. The van der Waals surface area contributed by atoms with E-state index in [1.54, 1.807) is 0 Å². The summed E-state index contributed by atoms with van der Waals surface area (Å²) in [4.78, 5) is 2.13. The maximum Gasteiger partial charge on any atom is 0.0906 e. The Hall–Kier alpha value is -0.890. The monoisotopic (exact) mass is 181 g/mol. The van der Waals surface area contributed by atoms with Crippen LogP contribution in [-0.4, -0.2) is 25.2 Å². The summed E-state index contributed by atoms with van der Waals surface area (Å²) in [5.74, 6) is 0. The average Bonchev–Trinajstić information content (AvgIpc) is 2.16. The zero-order valence-corrected chi connectivity index (χ0v) is 8.04. The van der Waals surface area contributed by atoms with E-state index < -0.39 is 0 Å². The van der Waals surface area contributed by atoms with Crippen molar-refractivity contribution in [2.45, 2.75) is 13.0 Å². The Balaban J connectivity index is 2.32. The highest BCUT2D eigenvalue weighted by molar-refractivity contribution is 5.14. The topological polar surface area (TPSA) is 3.24 Å². The Kier molecular flexibility index (Phi) is 4.47. The molecular formula is C11H16FN. The SMILES string of the molecule is CN(CCCF)Cc1ccccc1. The molecule has 0 N–H and O–H groups in total. The molecule has 0 heterocycles. The summed E-state index contributed by atoms with van der Waals surface area (Å²) in [5, 5.41) is 0. The fourth-order valence-electron chi connectivity index (χ4n) is 1.30. The van der Waals surface area contributed by atoms with Gasteiger partial charge in [-0.1, -0.05) is 30.3 Å². The molecule has 2 heteroatoms.